The standard InChI is InChI=1S/C24H26F7N5O3S/c1-4-35(19-6-5-17(25)13(2)33-19)22(38)39-20-16(24(29,30)31)9-14(23(26,27)28)10-18(20)36-8-7-34(21(36)40)12-15(37)11-32-3/h5-6,9-10,15,32,37H,4,7-8,11-12H2,1-3H3. The number of carbonyl (C=O) groups excluding carboxylic acids is 1. The number of thiocarbonyl (C=S) groups is 1. The summed E-state index contributed by atoms with van der Waals surface area (Å²) in [7, 11) is 1.59. The maximum absolute atomic E-state index is 14.1. The second-order valence-electron chi connectivity index (χ2n) is 8.81. The number of amides is 1. The average molecular weight is 598 g/mol. The van der Waals surface area contributed by atoms with Crippen LogP contribution in [0.1, 0.15) is 23.7 Å². The first kappa shape index (κ1) is 31.3. The van der Waals surface area contributed by atoms with Gasteiger partial charge in [-0.25, -0.2) is 14.2 Å². The van der Waals surface area contributed by atoms with E-state index in [1.807, 2.05) is 0 Å². The van der Waals surface area contributed by atoms with Crippen LogP contribution in [0.15, 0.2) is 24.3 Å². The molecule has 220 valence electrons. The fourth-order valence-electron chi connectivity index (χ4n) is 4.03. The number of hydrogen-bond donors (Lipinski definition) is 2. The second kappa shape index (κ2) is 12.1. The third-order valence-electron chi connectivity index (χ3n) is 5.97. The first-order chi connectivity index (χ1) is 18.6. The van der Waals surface area contributed by atoms with Crippen LogP contribution >= 0.6 is 12.2 Å². The number of halogens is 7. The number of ether oxygens (including phenoxy) is 1. The topological polar surface area (TPSA) is 81.2 Å². The van der Waals surface area contributed by atoms with E-state index >= 15 is 0 Å². The SMILES string of the molecule is CCN(C(=O)Oc1c(N2CCN(CC(O)CNC)C2=S)cc(C(F)(F)F)cc1C(F)(F)F)c1ccc(F)c(C)n1. The molecule has 0 spiro atoms. The second-order valence-corrected chi connectivity index (χ2v) is 9.17. The molecule has 1 fully saturated rings. The Bertz CT molecular complexity index is 1260. The van der Waals surface area contributed by atoms with Crippen LogP contribution in [0, 0.1) is 12.7 Å². The minimum absolute atomic E-state index is 0.0460. The zero-order valence-electron chi connectivity index (χ0n) is 21.5. The number of anilines is 2. The number of benzene rings is 1. The summed E-state index contributed by atoms with van der Waals surface area (Å²) in [6.45, 7) is 2.62. The number of aliphatic hydroxyl groups is 1. The summed E-state index contributed by atoms with van der Waals surface area (Å²) in [5, 5.41) is 12.7. The summed E-state index contributed by atoms with van der Waals surface area (Å²) in [5.41, 5.74) is -4.31. The number of nitrogens with one attached hydrogen (secondary N) is 1. The van der Waals surface area contributed by atoms with Gasteiger partial charge in [-0.3, -0.25) is 4.90 Å². The molecule has 2 N–H and O–H groups in total. The Kier molecular flexibility index (Phi) is 9.46. The average Bonchev–Trinajstić information content (AvgIpc) is 3.20. The largest absolute Gasteiger partial charge is 0.421 e. The van der Waals surface area contributed by atoms with Crippen LogP contribution < -0.4 is 19.9 Å². The molecule has 16 heteroatoms. The van der Waals surface area contributed by atoms with Crippen molar-refractivity contribution in [2.75, 3.05) is 49.6 Å². The van der Waals surface area contributed by atoms with Gasteiger partial charge in [-0.1, -0.05) is 0 Å². The Labute approximate surface area is 230 Å². The van der Waals surface area contributed by atoms with Crippen LogP contribution in [0.4, 0.5) is 47.0 Å². The third kappa shape index (κ3) is 6.90. The first-order valence-electron chi connectivity index (χ1n) is 11.9. The van der Waals surface area contributed by atoms with Crippen molar-refractivity contribution in [1.29, 1.82) is 0 Å². The van der Waals surface area contributed by atoms with Gasteiger partial charge in [-0.05, 0) is 57.4 Å². The van der Waals surface area contributed by atoms with Gasteiger partial charge in [-0.15, -0.1) is 0 Å². The molecule has 1 atom stereocenters. The lowest BCUT2D eigenvalue weighted by atomic mass is 10.1. The molecule has 1 saturated heterocycles. The normalized spacial score (nSPS) is 15.0. The van der Waals surface area contributed by atoms with Crippen LogP contribution in [-0.4, -0.2) is 72.1 Å². The number of aryl methyl sites for hydroxylation is 1. The lowest BCUT2D eigenvalue weighted by molar-refractivity contribution is -0.143. The Morgan fingerprint density at radius 3 is 2.42 bits per heavy atom. The van der Waals surface area contributed by atoms with Gasteiger partial charge in [0.2, 0.25) is 0 Å². The van der Waals surface area contributed by atoms with E-state index in [2.05, 4.69) is 10.3 Å². The predicted molar refractivity (Wildman–Crippen MR) is 136 cm³/mol. The molecular formula is C24H26F7N5O3S. The minimum atomic E-state index is -5.36. The molecule has 1 aromatic heterocycles. The molecule has 3 rings (SSSR count). The Morgan fingerprint density at radius 1 is 1.20 bits per heavy atom. The number of rotatable bonds is 8. The monoisotopic (exact) mass is 597 g/mol. The number of nitrogens with zero attached hydrogens (tertiary/aromatic N) is 4. The molecule has 1 unspecified atom stereocenters. The first-order valence-corrected chi connectivity index (χ1v) is 12.3. The Hall–Kier alpha value is -3.24. The van der Waals surface area contributed by atoms with E-state index in [-0.39, 0.29) is 55.4 Å². The fraction of sp³-hybridized carbons (Fsp3) is 0.458. The molecule has 1 aliphatic rings. The van der Waals surface area contributed by atoms with E-state index in [0.29, 0.717) is 6.07 Å². The number of carbonyl (C=O) groups is 1. The minimum Gasteiger partial charge on any atom is -0.407 e. The zero-order chi connectivity index (χ0) is 30.0. The summed E-state index contributed by atoms with van der Waals surface area (Å²) in [5.74, 6) is -2.03. The molecule has 40 heavy (non-hydrogen) atoms. The quantitative estimate of drug-likeness (QED) is 0.338. The molecule has 8 nitrogen and oxygen atoms in total. The fourth-order valence-corrected chi connectivity index (χ4v) is 4.39. The van der Waals surface area contributed by atoms with Crippen LogP contribution in [0.25, 0.3) is 0 Å². The highest BCUT2D eigenvalue weighted by Crippen LogP contribution is 2.47. The predicted octanol–water partition coefficient (Wildman–Crippen LogP) is 4.58. The molecule has 1 aromatic carbocycles. The maximum Gasteiger partial charge on any atom is 0.421 e. The van der Waals surface area contributed by atoms with Gasteiger partial charge in [0.15, 0.2) is 10.9 Å². The number of pyridine rings is 1. The van der Waals surface area contributed by atoms with E-state index in [1.54, 1.807) is 7.05 Å². The van der Waals surface area contributed by atoms with Gasteiger partial charge in [0, 0.05) is 32.7 Å². The molecule has 1 amide bonds. The molecule has 0 saturated carbocycles. The van der Waals surface area contributed by atoms with E-state index in [1.165, 1.54) is 18.7 Å². The third-order valence-corrected chi connectivity index (χ3v) is 6.45. The molecular weight excluding hydrogens is 571 g/mol. The van der Waals surface area contributed by atoms with Crippen LogP contribution in [-0.2, 0) is 12.4 Å². The van der Waals surface area contributed by atoms with Gasteiger partial charge >= 0.3 is 18.4 Å². The number of alkyl halides is 6. The molecule has 1 aliphatic heterocycles. The van der Waals surface area contributed by atoms with Gasteiger partial charge in [0.1, 0.15) is 17.2 Å². The van der Waals surface area contributed by atoms with Crippen LogP contribution in [0.2, 0.25) is 0 Å². The maximum atomic E-state index is 14.1. The van der Waals surface area contributed by atoms with Crippen LogP contribution in [0.5, 0.6) is 5.75 Å². The highest BCUT2D eigenvalue weighted by atomic mass is 32.1. The molecule has 2 heterocycles. The summed E-state index contributed by atoms with van der Waals surface area (Å²) >= 11 is 5.33. The van der Waals surface area contributed by atoms with Crippen molar-refractivity contribution in [3.8, 4) is 5.75 Å². The molecule has 2 aromatic rings. The number of hydrogen-bond acceptors (Lipinski definition) is 6. The van der Waals surface area contributed by atoms with Crippen molar-refractivity contribution < 1.29 is 45.4 Å². The smallest absolute Gasteiger partial charge is 0.407 e. The Morgan fingerprint density at radius 2 is 1.88 bits per heavy atom. The van der Waals surface area contributed by atoms with E-state index in [9.17, 15) is 40.6 Å². The number of aromatic nitrogens is 1. The van der Waals surface area contributed by atoms with Crippen molar-refractivity contribution >= 4 is 34.9 Å². The van der Waals surface area contributed by atoms with Crippen molar-refractivity contribution in [3.05, 3.63) is 46.9 Å². The lowest BCUT2D eigenvalue weighted by Crippen LogP contribution is -2.40. The highest BCUT2D eigenvalue weighted by Gasteiger charge is 2.43. The summed E-state index contributed by atoms with van der Waals surface area (Å²) in [4.78, 5) is 20.2. The van der Waals surface area contributed by atoms with Crippen molar-refractivity contribution in [2.45, 2.75) is 32.3 Å². The molecule has 0 aliphatic carbocycles. The summed E-state index contributed by atoms with van der Waals surface area (Å²) in [6.07, 6.45) is -12.9. The number of likely N-dealkylation sites (N-methyl/N-ethyl adjacent to an activating group) is 1. The van der Waals surface area contributed by atoms with Crippen LogP contribution in [0.3, 0.4) is 0 Å². The number of β-amino-alcohol motifs (C(OH)–C–C–N with tert-alkyl or cyclic N) is 1. The molecule has 0 bridgehead atoms. The Balaban J connectivity index is 2.12. The highest BCUT2D eigenvalue weighted by molar-refractivity contribution is 7.80. The van der Waals surface area contributed by atoms with E-state index in [0.717, 1.165) is 21.9 Å². The van der Waals surface area contributed by atoms with E-state index < -0.39 is 52.9 Å². The van der Waals surface area contributed by atoms with Crippen molar-refractivity contribution in [2.24, 2.45) is 0 Å². The van der Waals surface area contributed by atoms with Gasteiger partial charge in [0.05, 0.1) is 23.0 Å². The van der Waals surface area contributed by atoms with E-state index in [4.69, 9.17) is 17.0 Å². The van der Waals surface area contributed by atoms with Gasteiger partial charge < -0.3 is 25.0 Å². The zero-order valence-corrected chi connectivity index (χ0v) is 22.3. The summed E-state index contributed by atoms with van der Waals surface area (Å²) < 4.78 is 102. The van der Waals surface area contributed by atoms with Crippen molar-refractivity contribution in [1.82, 2.24) is 15.2 Å². The summed E-state index contributed by atoms with van der Waals surface area (Å²) in [6, 6.07) is 2.39. The molecule has 0 radical (unpaired) electrons. The van der Waals surface area contributed by atoms with Gasteiger partial charge in [-0.2, -0.15) is 26.3 Å². The lowest BCUT2D eigenvalue weighted by Gasteiger charge is -2.28. The number of aliphatic hydroxyl groups excluding tert-OH is 1. The van der Waals surface area contributed by atoms with Crippen molar-refractivity contribution in [3.63, 3.8) is 0 Å². The van der Waals surface area contributed by atoms with Gasteiger partial charge in [0.25, 0.3) is 0 Å².